The number of piperazine rings is 1. The van der Waals surface area contributed by atoms with Gasteiger partial charge < -0.3 is 10.6 Å². The van der Waals surface area contributed by atoms with Crippen LogP contribution in [0.2, 0.25) is 0 Å². The van der Waals surface area contributed by atoms with Crippen LogP contribution in [0.4, 0.5) is 0 Å². The number of amides is 1. The summed E-state index contributed by atoms with van der Waals surface area (Å²) in [5.74, 6) is -0.0442. The number of nitrogens with two attached hydrogens (primary N) is 1. The molecule has 1 fully saturated rings. The molecule has 0 radical (unpaired) electrons. The molecular weight excluding hydrogens is 393 g/mol. The van der Waals surface area contributed by atoms with E-state index < -0.39 is 0 Å². The summed E-state index contributed by atoms with van der Waals surface area (Å²) in [5, 5.41) is 0. The lowest BCUT2D eigenvalue weighted by molar-refractivity contribution is -0.137. The summed E-state index contributed by atoms with van der Waals surface area (Å²) in [4.78, 5) is 17.2. The average Bonchev–Trinajstić information content (AvgIpc) is 2.67. The van der Waals surface area contributed by atoms with Crippen LogP contribution in [0.5, 0.6) is 0 Å². The highest BCUT2D eigenvalue weighted by Crippen LogP contribution is 2.22. The summed E-state index contributed by atoms with van der Waals surface area (Å²) < 4.78 is 0. The molecule has 2 N–H and O–H groups in total. The van der Waals surface area contributed by atoms with Crippen LogP contribution in [0.15, 0.2) is 54.6 Å². The number of rotatable bonds is 5. The Hall–Kier alpha value is -1.59. The van der Waals surface area contributed by atoms with Crippen LogP contribution in [0.25, 0.3) is 0 Å². The normalized spacial score (nSPS) is 16.5. The molecule has 0 saturated carbocycles. The Morgan fingerprint density at radius 1 is 1.00 bits per heavy atom. The zero-order valence-electron chi connectivity index (χ0n) is 16.6. The lowest BCUT2D eigenvalue weighted by atomic mass is 9.94. The van der Waals surface area contributed by atoms with Crippen LogP contribution >= 0.6 is 24.8 Å². The molecule has 1 saturated heterocycles. The first kappa shape index (κ1) is 24.4. The van der Waals surface area contributed by atoms with Gasteiger partial charge in [-0.1, -0.05) is 67.1 Å². The average molecular weight is 424 g/mol. The maximum absolute atomic E-state index is 12.8. The Bertz CT molecular complexity index is 734. The van der Waals surface area contributed by atoms with Gasteiger partial charge in [-0.05, 0) is 18.1 Å². The van der Waals surface area contributed by atoms with Crippen LogP contribution in [-0.2, 0) is 11.3 Å². The maximum Gasteiger partial charge on any atom is 0.227 e. The maximum atomic E-state index is 12.8. The van der Waals surface area contributed by atoms with E-state index in [1.54, 1.807) is 0 Å². The van der Waals surface area contributed by atoms with Crippen molar-refractivity contribution >= 4 is 30.7 Å². The van der Waals surface area contributed by atoms with E-state index in [1.165, 1.54) is 11.1 Å². The van der Waals surface area contributed by atoms with Gasteiger partial charge in [0.05, 0.1) is 5.92 Å². The molecular formula is C22H31Cl2N3O. The molecule has 0 spiro atoms. The lowest BCUT2D eigenvalue weighted by Crippen LogP contribution is -2.50. The molecule has 0 bridgehead atoms. The second-order valence-electron chi connectivity index (χ2n) is 7.32. The van der Waals surface area contributed by atoms with Crippen LogP contribution < -0.4 is 5.73 Å². The van der Waals surface area contributed by atoms with E-state index >= 15 is 0 Å². The van der Waals surface area contributed by atoms with Crippen LogP contribution in [0.1, 0.15) is 29.7 Å². The van der Waals surface area contributed by atoms with Crippen molar-refractivity contribution in [1.82, 2.24) is 9.80 Å². The van der Waals surface area contributed by atoms with E-state index in [9.17, 15) is 4.79 Å². The van der Waals surface area contributed by atoms with Crippen molar-refractivity contribution in [3.8, 4) is 0 Å². The second-order valence-corrected chi connectivity index (χ2v) is 7.32. The van der Waals surface area contributed by atoms with E-state index in [0.717, 1.165) is 38.3 Å². The fraction of sp³-hybridized carbons (Fsp3) is 0.409. The van der Waals surface area contributed by atoms with Crippen molar-refractivity contribution in [3.63, 3.8) is 0 Å². The van der Waals surface area contributed by atoms with Crippen molar-refractivity contribution in [1.29, 1.82) is 0 Å². The Morgan fingerprint density at radius 3 is 2.25 bits per heavy atom. The number of halogens is 2. The van der Waals surface area contributed by atoms with E-state index in [4.69, 9.17) is 5.73 Å². The van der Waals surface area contributed by atoms with Crippen molar-refractivity contribution in [3.05, 3.63) is 71.3 Å². The number of nitrogens with zero attached hydrogens (tertiary/aromatic N) is 2. The third kappa shape index (κ3) is 6.21. The summed E-state index contributed by atoms with van der Waals surface area (Å²) in [7, 11) is 0. The monoisotopic (exact) mass is 423 g/mol. The quantitative estimate of drug-likeness (QED) is 0.794. The van der Waals surface area contributed by atoms with Gasteiger partial charge in [0.25, 0.3) is 0 Å². The molecule has 28 heavy (non-hydrogen) atoms. The van der Waals surface area contributed by atoms with Crippen LogP contribution in [0.3, 0.4) is 0 Å². The number of hydrogen-bond donors (Lipinski definition) is 1. The number of benzene rings is 2. The molecule has 154 valence electrons. The standard InChI is InChI=1S/C22H29N3O.2ClH/c1-17-7-6-8-19(15-17)16-24-11-13-25(14-12-24)22(26)18(2)21(23)20-9-4-3-5-10-20;;/h3-10,15,18,21H,11-14,16,23H2,1-2H3;2*1H. The fourth-order valence-corrected chi connectivity index (χ4v) is 3.60. The molecule has 3 rings (SSSR count). The smallest absolute Gasteiger partial charge is 0.227 e. The van der Waals surface area contributed by atoms with E-state index in [1.807, 2.05) is 42.2 Å². The summed E-state index contributed by atoms with van der Waals surface area (Å²) >= 11 is 0. The number of aryl methyl sites for hydroxylation is 1. The Balaban J connectivity index is 0.00000196. The molecule has 0 aliphatic carbocycles. The van der Waals surface area contributed by atoms with Gasteiger partial charge in [-0.15, -0.1) is 24.8 Å². The highest BCUT2D eigenvalue weighted by atomic mass is 35.5. The minimum absolute atomic E-state index is 0. The summed E-state index contributed by atoms with van der Waals surface area (Å²) in [6.45, 7) is 8.38. The molecule has 2 aromatic carbocycles. The minimum Gasteiger partial charge on any atom is -0.340 e. The highest BCUT2D eigenvalue weighted by molar-refractivity contribution is 5.85. The van der Waals surface area contributed by atoms with Gasteiger partial charge in [-0.25, -0.2) is 0 Å². The summed E-state index contributed by atoms with van der Waals surface area (Å²) in [6, 6.07) is 18.3. The Kier molecular flexibility index (Phi) is 9.97. The van der Waals surface area contributed by atoms with Gasteiger partial charge in [-0.2, -0.15) is 0 Å². The molecule has 2 unspecified atom stereocenters. The number of hydrogen-bond acceptors (Lipinski definition) is 3. The SMILES string of the molecule is Cc1cccc(CN2CCN(C(=O)C(C)C(N)c3ccccc3)CC2)c1.Cl.Cl. The van der Waals surface area contributed by atoms with Gasteiger partial charge in [0, 0.05) is 38.8 Å². The molecule has 1 aliphatic heterocycles. The highest BCUT2D eigenvalue weighted by Gasteiger charge is 2.29. The number of carbonyl (C=O) groups excluding carboxylic acids is 1. The van der Waals surface area contributed by atoms with Crippen molar-refractivity contribution < 1.29 is 4.79 Å². The van der Waals surface area contributed by atoms with Crippen LogP contribution in [-0.4, -0.2) is 41.9 Å². The molecule has 0 aromatic heterocycles. The summed E-state index contributed by atoms with van der Waals surface area (Å²) in [6.07, 6.45) is 0. The predicted octanol–water partition coefficient (Wildman–Crippen LogP) is 3.82. The summed E-state index contributed by atoms with van der Waals surface area (Å²) in [5.41, 5.74) is 9.98. The zero-order valence-corrected chi connectivity index (χ0v) is 18.2. The molecule has 1 heterocycles. The Labute approximate surface area is 180 Å². The molecule has 6 heteroatoms. The first-order chi connectivity index (χ1) is 12.5. The fourth-order valence-electron chi connectivity index (χ4n) is 3.60. The predicted molar refractivity (Wildman–Crippen MR) is 120 cm³/mol. The zero-order chi connectivity index (χ0) is 18.5. The lowest BCUT2D eigenvalue weighted by Gasteiger charge is -2.37. The molecule has 4 nitrogen and oxygen atoms in total. The van der Waals surface area contributed by atoms with Crippen molar-refractivity contribution in [2.75, 3.05) is 26.2 Å². The third-order valence-electron chi connectivity index (χ3n) is 5.29. The Morgan fingerprint density at radius 2 is 1.64 bits per heavy atom. The van der Waals surface area contributed by atoms with E-state index in [-0.39, 0.29) is 42.7 Å². The topological polar surface area (TPSA) is 49.6 Å². The molecule has 2 aromatic rings. The third-order valence-corrected chi connectivity index (χ3v) is 5.29. The van der Waals surface area contributed by atoms with Gasteiger partial charge in [0.2, 0.25) is 5.91 Å². The van der Waals surface area contributed by atoms with E-state index in [2.05, 4.69) is 36.1 Å². The second kappa shape index (κ2) is 11.4. The largest absolute Gasteiger partial charge is 0.340 e. The van der Waals surface area contributed by atoms with Crippen molar-refractivity contribution in [2.24, 2.45) is 11.7 Å². The van der Waals surface area contributed by atoms with Gasteiger partial charge >= 0.3 is 0 Å². The van der Waals surface area contributed by atoms with Crippen molar-refractivity contribution in [2.45, 2.75) is 26.4 Å². The first-order valence-corrected chi connectivity index (χ1v) is 9.42. The number of carbonyl (C=O) groups is 1. The van der Waals surface area contributed by atoms with Gasteiger partial charge in [0.15, 0.2) is 0 Å². The molecule has 2 atom stereocenters. The first-order valence-electron chi connectivity index (χ1n) is 9.42. The van der Waals surface area contributed by atoms with Gasteiger partial charge in [-0.3, -0.25) is 9.69 Å². The van der Waals surface area contributed by atoms with Gasteiger partial charge in [0.1, 0.15) is 0 Å². The van der Waals surface area contributed by atoms with Crippen LogP contribution in [0, 0.1) is 12.8 Å². The molecule has 1 aliphatic rings. The van der Waals surface area contributed by atoms with E-state index in [0.29, 0.717) is 0 Å². The molecule has 1 amide bonds. The minimum atomic E-state index is -0.256.